The lowest BCUT2D eigenvalue weighted by Gasteiger charge is -2.10. The quantitative estimate of drug-likeness (QED) is 0.421. The molecule has 124 valence electrons. The van der Waals surface area contributed by atoms with Gasteiger partial charge in [-0.3, -0.25) is 5.10 Å². The Labute approximate surface area is 136 Å². The molecule has 0 atom stereocenters. The first-order valence-electron chi connectivity index (χ1n) is 7.83. The van der Waals surface area contributed by atoms with Gasteiger partial charge in [-0.15, -0.1) is 0 Å². The van der Waals surface area contributed by atoms with E-state index in [1.54, 1.807) is 6.20 Å². The Kier molecular flexibility index (Phi) is 6.10. The van der Waals surface area contributed by atoms with Gasteiger partial charge in [0.05, 0.1) is 12.3 Å². The predicted octanol–water partition coefficient (Wildman–Crippen LogP) is 3.08. The van der Waals surface area contributed by atoms with Crippen molar-refractivity contribution in [1.29, 1.82) is 5.41 Å². The second-order valence-corrected chi connectivity index (χ2v) is 5.12. The van der Waals surface area contributed by atoms with Crippen LogP contribution in [0.25, 0.3) is 0 Å². The van der Waals surface area contributed by atoms with Crippen molar-refractivity contribution >= 4 is 23.0 Å². The van der Waals surface area contributed by atoms with Gasteiger partial charge in [0, 0.05) is 19.3 Å². The number of anilines is 3. The summed E-state index contributed by atoms with van der Waals surface area (Å²) in [5, 5.41) is 21.8. The molecule has 0 aromatic carbocycles. The Bertz CT molecular complexity index is 652. The molecule has 7 heteroatoms. The highest BCUT2D eigenvalue weighted by Crippen LogP contribution is 2.27. The van der Waals surface area contributed by atoms with E-state index in [1.807, 2.05) is 32.9 Å². The summed E-state index contributed by atoms with van der Waals surface area (Å²) in [4.78, 5) is 4.29. The second-order valence-electron chi connectivity index (χ2n) is 5.12. The van der Waals surface area contributed by atoms with Crippen molar-refractivity contribution in [1.82, 2.24) is 15.2 Å². The number of rotatable bonds is 9. The standard InChI is InChI=1S/C16H24N6O/c1-4-12(17)14-15(19-8-9-23-5-2)16(22-21-14)20-13-10-11(3)6-7-18-13/h6-7,10,17,19H,4-5,8-9H2,1-3H3,(H2,18,20,21,22). The maximum absolute atomic E-state index is 8.08. The highest BCUT2D eigenvalue weighted by Gasteiger charge is 2.16. The van der Waals surface area contributed by atoms with E-state index in [2.05, 4.69) is 25.8 Å². The first kappa shape index (κ1) is 17.0. The third kappa shape index (κ3) is 4.53. The average molecular weight is 316 g/mol. The number of hydrogen-bond donors (Lipinski definition) is 4. The average Bonchev–Trinajstić information content (AvgIpc) is 2.93. The van der Waals surface area contributed by atoms with Crippen LogP contribution in [0.4, 0.5) is 17.3 Å². The lowest BCUT2D eigenvalue weighted by molar-refractivity contribution is 0.158. The van der Waals surface area contributed by atoms with Gasteiger partial charge in [-0.1, -0.05) is 6.92 Å². The van der Waals surface area contributed by atoms with E-state index in [0.29, 0.717) is 43.4 Å². The summed E-state index contributed by atoms with van der Waals surface area (Å²) in [6, 6.07) is 3.89. The van der Waals surface area contributed by atoms with Gasteiger partial charge < -0.3 is 20.8 Å². The maximum Gasteiger partial charge on any atom is 0.177 e. The van der Waals surface area contributed by atoms with E-state index in [0.717, 1.165) is 17.1 Å². The SMILES string of the molecule is CCOCCNc1c(Nc2cc(C)ccn2)n[nH]c1C(=N)CC. The molecule has 0 unspecified atom stereocenters. The normalized spacial score (nSPS) is 10.6. The topological polar surface area (TPSA) is 98.7 Å². The maximum atomic E-state index is 8.08. The van der Waals surface area contributed by atoms with Gasteiger partial charge in [0.15, 0.2) is 5.82 Å². The molecule has 4 N–H and O–H groups in total. The number of nitrogens with zero attached hydrogens (tertiary/aromatic N) is 2. The minimum Gasteiger partial charge on any atom is -0.380 e. The molecular weight excluding hydrogens is 292 g/mol. The molecule has 2 rings (SSSR count). The number of H-pyrrole nitrogens is 1. The van der Waals surface area contributed by atoms with Gasteiger partial charge >= 0.3 is 0 Å². The molecule has 0 aliphatic carbocycles. The molecule has 0 amide bonds. The zero-order valence-corrected chi connectivity index (χ0v) is 13.9. The fourth-order valence-electron chi connectivity index (χ4n) is 2.12. The lowest BCUT2D eigenvalue weighted by Crippen LogP contribution is -2.12. The molecule has 23 heavy (non-hydrogen) atoms. The van der Waals surface area contributed by atoms with Crippen LogP contribution in [0.2, 0.25) is 0 Å². The lowest BCUT2D eigenvalue weighted by atomic mass is 10.2. The van der Waals surface area contributed by atoms with Crippen molar-refractivity contribution in [3.8, 4) is 0 Å². The second kappa shape index (κ2) is 8.28. The minimum absolute atomic E-state index is 0.502. The van der Waals surface area contributed by atoms with E-state index in [1.165, 1.54) is 0 Å². The molecule has 0 saturated heterocycles. The van der Waals surface area contributed by atoms with E-state index in [4.69, 9.17) is 10.1 Å². The molecule has 2 aromatic rings. The van der Waals surface area contributed by atoms with Crippen molar-refractivity contribution in [2.24, 2.45) is 0 Å². The Balaban J connectivity index is 2.20. The summed E-state index contributed by atoms with van der Waals surface area (Å²) in [7, 11) is 0. The molecule has 0 fully saturated rings. The number of nitrogens with one attached hydrogen (secondary N) is 4. The number of aryl methyl sites for hydroxylation is 1. The van der Waals surface area contributed by atoms with Crippen LogP contribution in [0.15, 0.2) is 18.3 Å². The van der Waals surface area contributed by atoms with Gasteiger partial charge in [-0.25, -0.2) is 4.98 Å². The largest absolute Gasteiger partial charge is 0.380 e. The van der Waals surface area contributed by atoms with Gasteiger partial charge in [0.2, 0.25) is 0 Å². The Morgan fingerprint density at radius 3 is 2.91 bits per heavy atom. The van der Waals surface area contributed by atoms with Gasteiger partial charge in [0.25, 0.3) is 0 Å². The van der Waals surface area contributed by atoms with Crippen molar-refractivity contribution < 1.29 is 4.74 Å². The molecular formula is C16H24N6O. The summed E-state index contributed by atoms with van der Waals surface area (Å²) in [6.07, 6.45) is 2.38. The Morgan fingerprint density at radius 2 is 2.22 bits per heavy atom. The van der Waals surface area contributed by atoms with Crippen LogP contribution in [0, 0.1) is 12.3 Å². The van der Waals surface area contributed by atoms with Crippen molar-refractivity contribution in [3.05, 3.63) is 29.6 Å². The third-order valence-electron chi connectivity index (χ3n) is 3.34. The van der Waals surface area contributed by atoms with Crippen molar-refractivity contribution in [2.75, 3.05) is 30.4 Å². The van der Waals surface area contributed by atoms with Crippen LogP contribution in [0.1, 0.15) is 31.5 Å². The summed E-state index contributed by atoms with van der Waals surface area (Å²) >= 11 is 0. The summed E-state index contributed by atoms with van der Waals surface area (Å²) < 4.78 is 5.35. The van der Waals surface area contributed by atoms with Crippen LogP contribution >= 0.6 is 0 Å². The van der Waals surface area contributed by atoms with Crippen LogP contribution in [0.3, 0.4) is 0 Å². The molecule has 7 nitrogen and oxygen atoms in total. The molecule has 0 aliphatic rings. The molecule has 0 saturated carbocycles. The monoisotopic (exact) mass is 316 g/mol. The smallest absolute Gasteiger partial charge is 0.177 e. The fourth-order valence-corrected chi connectivity index (χ4v) is 2.12. The van der Waals surface area contributed by atoms with Crippen LogP contribution in [0.5, 0.6) is 0 Å². The molecule has 0 aliphatic heterocycles. The van der Waals surface area contributed by atoms with Crippen LogP contribution in [-0.4, -0.2) is 40.7 Å². The van der Waals surface area contributed by atoms with Crippen molar-refractivity contribution in [3.63, 3.8) is 0 Å². The molecule has 2 aromatic heterocycles. The van der Waals surface area contributed by atoms with Gasteiger partial charge in [-0.2, -0.15) is 5.10 Å². The number of aromatic nitrogens is 3. The first-order chi connectivity index (χ1) is 11.2. The van der Waals surface area contributed by atoms with E-state index < -0.39 is 0 Å². The third-order valence-corrected chi connectivity index (χ3v) is 3.34. The molecule has 0 spiro atoms. The Hall–Kier alpha value is -2.41. The number of pyridine rings is 1. The summed E-state index contributed by atoms with van der Waals surface area (Å²) in [5.74, 6) is 1.35. The highest BCUT2D eigenvalue weighted by molar-refractivity contribution is 6.03. The van der Waals surface area contributed by atoms with Crippen molar-refractivity contribution in [2.45, 2.75) is 27.2 Å². The zero-order valence-electron chi connectivity index (χ0n) is 13.9. The number of ether oxygens (including phenoxy) is 1. The highest BCUT2D eigenvalue weighted by atomic mass is 16.5. The summed E-state index contributed by atoms with van der Waals surface area (Å²) in [6.45, 7) is 7.85. The summed E-state index contributed by atoms with van der Waals surface area (Å²) in [5.41, 5.74) is 3.09. The van der Waals surface area contributed by atoms with Gasteiger partial charge in [-0.05, 0) is 38.0 Å². The molecule has 0 radical (unpaired) electrons. The van der Waals surface area contributed by atoms with Crippen LogP contribution in [-0.2, 0) is 4.74 Å². The fraction of sp³-hybridized carbons (Fsp3) is 0.438. The predicted molar refractivity (Wildman–Crippen MR) is 92.9 cm³/mol. The van der Waals surface area contributed by atoms with Gasteiger partial charge in [0.1, 0.15) is 17.2 Å². The zero-order chi connectivity index (χ0) is 16.7. The number of aromatic amines is 1. The molecule has 0 bridgehead atoms. The van der Waals surface area contributed by atoms with E-state index in [-0.39, 0.29) is 0 Å². The van der Waals surface area contributed by atoms with Crippen LogP contribution < -0.4 is 10.6 Å². The first-order valence-corrected chi connectivity index (χ1v) is 7.83. The molecule has 2 heterocycles. The number of hydrogen-bond acceptors (Lipinski definition) is 6. The van der Waals surface area contributed by atoms with E-state index in [9.17, 15) is 0 Å². The Morgan fingerprint density at radius 1 is 1.39 bits per heavy atom. The minimum atomic E-state index is 0.502. The van der Waals surface area contributed by atoms with E-state index >= 15 is 0 Å².